The molecule has 1 saturated heterocycles. The number of carbonyl (C=O) groups excluding carboxylic acids is 1. The summed E-state index contributed by atoms with van der Waals surface area (Å²) in [7, 11) is 0. The summed E-state index contributed by atoms with van der Waals surface area (Å²) >= 11 is 0. The molecule has 28 heavy (non-hydrogen) atoms. The minimum absolute atomic E-state index is 0.0245. The maximum Gasteiger partial charge on any atom is 0.305 e. The first-order chi connectivity index (χ1) is 13.3. The Hall–Kier alpha value is -2.25. The van der Waals surface area contributed by atoms with Gasteiger partial charge in [-0.15, -0.1) is 0 Å². The number of benzene rings is 1. The van der Waals surface area contributed by atoms with Crippen molar-refractivity contribution in [2.75, 3.05) is 4.90 Å². The lowest BCUT2D eigenvalue weighted by Crippen LogP contribution is -2.38. The highest BCUT2D eigenvalue weighted by Crippen LogP contribution is 2.51. The Bertz CT molecular complexity index is 742. The van der Waals surface area contributed by atoms with Gasteiger partial charge in [0.2, 0.25) is 5.91 Å². The van der Waals surface area contributed by atoms with Gasteiger partial charge in [-0.2, -0.15) is 0 Å². The molecular formula is C21H26FNO5. The predicted octanol–water partition coefficient (Wildman–Crippen LogP) is 2.63. The second kappa shape index (κ2) is 8.41. The smallest absolute Gasteiger partial charge is 0.305 e. The van der Waals surface area contributed by atoms with Gasteiger partial charge in [0, 0.05) is 23.9 Å². The van der Waals surface area contributed by atoms with Crippen LogP contribution in [0.15, 0.2) is 36.4 Å². The molecule has 3 atom stereocenters. The van der Waals surface area contributed by atoms with E-state index in [-0.39, 0.29) is 29.6 Å². The zero-order valence-corrected chi connectivity index (χ0v) is 15.6. The SMILES string of the molecule is O=C(O)C[C@H](O)C[C@H](O)C=CC1N(c2ccc(F)cc2)C(=O)CC12CCCC2. The lowest BCUT2D eigenvalue weighted by molar-refractivity contribution is -0.139. The third-order valence-corrected chi connectivity index (χ3v) is 5.82. The number of amides is 1. The molecule has 0 radical (unpaired) electrons. The van der Waals surface area contributed by atoms with Gasteiger partial charge in [-0.05, 0) is 37.1 Å². The minimum Gasteiger partial charge on any atom is -0.481 e. The van der Waals surface area contributed by atoms with E-state index in [0.717, 1.165) is 25.7 Å². The fraction of sp³-hybridized carbons (Fsp3) is 0.524. The highest BCUT2D eigenvalue weighted by molar-refractivity contribution is 5.97. The minimum atomic E-state index is -1.14. The summed E-state index contributed by atoms with van der Waals surface area (Å²) in [5.74, 6) is -1.53. The van der Waals surface area contributed by atoms with Gasteiger partial charge in [-0.25, -0.2) is 4.39 Å². The van der Waals surface area contributed by atoms with Crippen molar-refractivity contribution in [3.63, 3.8) is 0 Å². The van der Waals surface area contributed by atoms with Gasteiger partial charge in [0.1, 0.15) is 5.82 Å². The number of nitrogens with zero attached hydrogens (tertiary/aromatic N) is 1. The van der Waals surface area contributed by atoms with Crippen molar-refractivity contribution >= 4 is 17.6 Å². The van der Waals surface area contributed by atoms with Crippen LogP contribution in [0.2, 0.25) is 0 Å². The van der Waals surface area contributed by atoms with Gasteiger partial charge in [-0.1, -0.05) is 25.0 Å². The van der Waals surface area contributed by atoms with Crippen molar-refractivity contribution in [3.8, 4) is 0 Å². The van der Waals surface area contributed by atoms with E-state index >= 15 is 0 Å². The molecule has 1 aromatic carbocycles. The Balaban J connectivity index is 1.81. The number of aliphatic hydroxyl groups is 2. The van der Waals surface area contributed by atoms with E-state index in [4.69, 9.17) is 5.11 Å². The van der Waals surface area contributed by atoms with Gasteiger partial charge in [0.05, 0.1) is 24.7 Å². The predicted molar refractivity (Wildman–Crippen MR) is 101 cm³/mol. The Morgan fingerprint density at radius 1 is 1.25 bits per heavy atom. The third kappa shape index (κ3) is 4.42. The van der Waals surface area contributed by atoms with Gasteiger partial charge in [0.25, 0.3) is 0 Å². The Morgan fingerprint density at radius 3 is 2.50 bits per heavy atom. The van der Waals surface area contributed by atoms with Crippen LogP contribution in [0.1, 0.15) is 44.9 Å². The highest BCUT2D eigenvalue weighted by Gasteiger charge is 2.52. The molecule has 2 fully saturated rings. The van der Waals surface area contributed by atoms with Crippen LogP contribution < -0.4 is 4.90 Å². The molecule has 152 valence electrons. The molecule has 2 aliphatic rings. The molecule has 0 bridgehead atoms. The number of carboxylic acid groups (broad SMARTS) is 1. The summed E-state index contributed by atoms with van der Waals surface area (Å²) < 4.78 is 13.3. The maximum atomic E-state index is 13.3. The van der Waals surface area contributed by atoms with E-state index in [1.165, 1.54) is 18.2 Å². The van der Waals surface area contributed by atoms with Gasteiger partial charge >= 0.3 is 5.97 Å². The van der Waals surface area contributed by atoms with Crippen LogP contribution >= 0.6 is 0 Å². The first-order valence-corrected chi connectivity index (χ1v) is 9.65. The molecule has 6 nitrogen and oxygen atoms in total. The maximum absolute atomic E-state index is 13.3. The van der Waals surface area contributed by atoms with Gasteiger partial charge in [0.15, 0.2) is 0 Å². The molecular weight excluding hydrogens is 365 g/mol. The first-order valence-electron chi connectivity index (χ1n) is 9.65. The van der Waals surface area contributed by atoms with Crippen LogP contribution in [0.25, 0.3) is 0 Å². The van der Waals surface area contributed by atoms with E-state index in [2.05, 4.69) is 0 Å². The fourth-order valence-corrected chi connectivity index (χ4v) is 4.54. The third-order valence-electron chi connectivity index (χ3n) is 5.82. The standard InChI is InChI=1S/C21H26FNO5/c22-14-3-5-15(6-4-14)23-18(21(13-19(23)26)9-1-2-10-21)8-7-16(24)11-17(25)12-20(27)28/h3-8,16-18,24-25H,1-2,9-13H2,(H,27,28)/t16-,17-,18?/m1/s1. The zero-order valence-electron chi connectivity index (χ0n) is 15.6. The number of rotatable bonds is 7. The number of hydrogen-bond acceptors (Lipinski definition) is 4. The van der Waals surface area contributed by atoms with Crippen molar-refractivity contribution in [1.82, 2.24) is 0 Å². The highest BCUT2D eigenvalue weighted by atomic mass is 19.1. The number of aliphatic hydroxyl groups excluding tert-OH is 2. The normalized spacial score (nSPS) is 23.6. The Labute approximate surface area is 163 Å². The molecule has 1 spiro atoms. The largest absolute Gasteiger partial charge is 0.481 e. The summed E-state index contributed by atoms with van der Waals surface area (Å²) in [6.07, 6.45) is 4.94. The second-order valence-corrected chi connectivity index (χ2v) is 7.87. The number of halogens is 1. The molecule has 1 aliphatic heterocycles. The van der Waals surface area contributed by atoms with E-state index in [1.807, 2.05) is 0 Å². The van der Waals surface area contributed by atoms with Gasteiger partial charge in [-0.3, -0.25) is 9.59 Å². The average Bonchev–Trinajstić information content (AvgIpc) is 3.18. The number of hydrogen-bond donors (Lipinski definition) is 3. The van der Waals surface area contributed by atoms with E-state index in [0.29, 0.717) is 12.1 Å². The molecule has 1 heterocycles. The molecule has 3 rings (SSSR count). The van der Waals surface area contributed by atoms with Crippen LogP contribution in [-0.4, -0.2) is 45.4 Å². The van der Waals surface area contributed by atoms with Crippen molar-refractivity contribution in [1.29, 1.82) is 0 Å². The number of carboxylic acids is 1. The summed E-state index contributed by atoms with van der Waals surface area (Å²) in [6, 6.07) is 5.53. The Morgan fingerprint density at radius 2 is 1.89 bits per heavy atom. The molecule has 1 saturated carbocycles. The lowest BCUT2D eigenvalue weighted by atomic mass is 9.78. The van der Waals surface area contributed by atoms with E-state index < -0.39 is 24.6 Å². The number of carbonyl (C=O) groups is 2. The van der Waals surface area contributed by atoms with Crippen molar-refractivity contribution < 1.29 is 29.3 Å². The van der Waals surface area contributed by atoms with Crippen molar-refractivity contribution in [2.24, 2.45) is 5.41 Å². The van der Waals surface area contributed by atoms with Crippen molar-refractivity contribution in [2.45, 2.75) is 63.2 Å². The topological polar surface area (TPSA) is 98.1 Å². The molecule has 1 unspecified atom stereocenters. The molecule has 1 aromatic rings. The molecule has 0 aromatic heterocycles. The summed E-state index contributed by atoms with van der Waals surface area (Å²) in [5.41, 5.74) is 0.409. The van der Waals surface area contributed by atoms with E-state index in [1.54, 1.807) is 23.1 Å². The number of aliphatic carboxylic acids is 1. The van der Waals surface area contributed by atoms with Gasteiger partial charge < -0.3 is 20.2 Å². The summed E-state index contributed by atoms with van der Waals surface area (Å²) in [6.45, 7) is 0. The fourth-order valence-electron chi connectivity index (χ4n) is 4.54. The summed E-state index contributed by atoms with van der Waals surface area (Å²) in [4.78, 5) is 25.1. The number of anilines is 1. The molecule has 1 amide bonds. The molecule has 7 heteroatoms. The molecule has 3 N–H and O–H groups in total. The Kier molecular flexibility index (Phi) is 6.15. The van der Waals surface area contributed by atoms with Crippen LogP contribution in [0.3, 0.4) is 0 Å². The zero-order chi connectivity index (χ0) is 20.3. The second-order valence-electron chi connectivity index (χ2n) is 7.87. The van der Waals surface area contributed by atoms with Crippen molar-refractivity contribution in [3.05, 3.63) is 42.2 Å². The summed E-state index contributed by atoms with van der Waals surface area (Å²) in [5, 5.41) is 28.6. The van der Waals surface area contributed by atoms with Crippen LogP contribution in [0.5, 0.6) is 0 Å². The lowest BCUT2D eigenvalue weighted by Gasteiger charge is -2.33. The van der Waals surface area contributed by atoms with Crippen LogP contribution in [-0.2, 0) is 9.59 Å². The van der Waals surface area contributed by atoms with Crippen LogP contribution in [0, 0.1) is 11.2 Å². The van der Waals surface area contributed by atoms with Crippen LogP contribution in [0.4, 0.5) is 10.1 Å². The average molecular weight is 391 g/mol. The van der Waals surface area contributed by atoms with E-state index in [9.17, 15) is 24.2 Å². The molecule has 1 aliphatic carbocycles. The quantitative estimate of drug-likeness (QED) is 0.621. The first kappa shape index (κ1) is 20.5. The monoisotopic (exact) mass is 391 g/mol.